The van der Waals surface area contributed by atoms with E-state index in [4.69, 9.17) is 43.5 Å². The molecule has 1 saturated heterocycles. The van der Waals surface area contributed by atoms with Gasteiger partial charge >= 0.3 is 6.03 Å². The Kier molecular flexibility index (Phi) is 11.0. The van der Waals surface area contributed by atoms with E-state index in [1.807, 2.05) is 36.1 Å². The molecule has 256 valence electrons. The third kappa shape index (κ3) is 7.31. The zero-order chi connectivity index (χ0) is 34.7. The Morgan fingerprint density at radius 1 is 0.979 bits per heavy atom. The van der Waals surface area contributed by atoms with Crippen molar-refractivity contribution in [2.75, 3.05) is 53.5 Å². The molecule has 5 rings (SSSR count). The number of ether oxygens (including phenoxy) is 1. The summed E-state index contributed by atoms with van der Waals surface area (Å²) in [6, 6.07) is 15.9. The Morgan fingerprint density at radius 2 is 1.56 bits per heavy atom. The zero-order valence-electron chi connectivity index (χ0n) is 27.1. The summed E-state index contributed by atoms with van der Waals surface area (Å²) in [5, 5.41) is 1.07. The minimum atomic E-state index is -4.10. The van der Waals surface area contributed by atoms with Crippen molar-refractivity contribution >= 4 is 51.0 Å². The number of nitrogens with zero attached hydrogens (tertiary/aromatic N) is 5. The number of carbonyl (C=O) groups excluding carboxylic acids is 2. The largest absolute Gasteiger partial charge is 0.493 e. The number of carbonyl (C=O) groups is 2. The van der Waals surface area contributed by atoms with Crippen LogP contribution in [0, 0.1) is 6.92 Å². The summed E-state index contributed by atoms with van der Waals surface area (Å²) >= 11 is 12.6. The normalized spacial score (nSPS) is 18.7. The van der Waals surface area contributed by atoms with Crippen LogP contribution >= 0.6 is 23.2 Å². The smallest absolute Gasteiger partial charge is 0.326 e. The second-order valence-corrected chi connectivity index (χ2v) is 14.2. The fraction of sp³-hybridized carbons (Fsp3) is 0.364. The van der Waals surface area contributed by atoms with Gasteiger partial charge in [0.05, 0.1) is 36.8 Å². The van der Waals surface area contributed by atoms with Crippen LogP contribution in [0.25, 0.3) is 0 Å². The molecule has 2 N–H and O–H groups in total. The molecule has 3 amide bonds. The Hall–Kier alpha value is -3.72. The molecule has 0 aliphatic carbocycles. The van der Waals surface area contributed by atoms with Crippen molar-refractivity contribution in [3.05, 3.63) is 93.0 Å². The monoisotopic (exact) mass is 716 g/mol. The number of hydroxylamine groups is 1. The van der Waals surface area contributed by atoms with Crippen LogP contribution < -0.4 is 10.5 Å². The number of aryl methyl sites for hydroxylation is 1. The van der Waals surface area contributed by atoms with E-state index in [2.05, 4.69) is 0 Å². The lowest BCUT2D eigenvalue weighted by Crippen LogP contribution is -2.55. The molecule has 0 radical (unpaired) electrons. The van der Waals surface area contributed by atoms with Gasteiger partial charge in [0.2, 0.25) is 5.91 Å². The fourth-order valence-corrected chi connectivity index (χ4v) is 7.41. The first kappa shape index (κ1) is 35.6. The topological polar surface area (TPSA) is 138 Å². The number of sulfonamides is 1. The fourth-order valence-electron chi connectivity index (χ4n) is 5.95. The van der Waals surface area contributed by atoms with Crippen LogP contribution in [-0.2, 0) is 19.7 Å². The molecule has 0 bridgehead atoms. The number of aliphatic imine (C=N–C) groups is 1. The van der Waals surface area contributed by atoms with Crippen LogP contribution in [0.3, 0.4) is 0 Å². The predicted octanol–water partition coefficient (Wildman–Crippen LogP) is 4.65. The van der Waals surface area contributed by atoms with Crippen LogP contribution in [-0.4, -0.2) is 98.8 Å². The van der Waals surface area contributed by atoms with Crippen molar-refractivity contribution in [3.8, 4) is 5.75 Å². The Morgan fingerprint density at radius 3 is 2.10 bits per heavy atom. The van der Waals surface area contributed by atoms with E-state index in [0.717, 1.165) is 15.6 Å². The van der Waals surface area contributed by atoms with Crippen LogP contribution in [0.1, 0.15) is 41.3 Å². The highest BCUT2D eigenvalue weighted by Crippen LogP contribution is 2.46. The van der Waals surface area contributed by atoms with E-state index in [-0.39, 0.29) is 29.9 Å². The molecule has 15 heteroatoms. The molecule has 0 unspecified atom stereocenters. The highest BCUT2D eigenvalue weighted by Gasteiger charge is 2.45. The van der Waals surface area contributed by atoms with Gasteiger partial charge in [-0.2, -0.15) is 0 Å². The third-order valence-electron chi connectivity index (χ3n) is 8.41. The highest BCUT2D eigenvalue weighted by molar-refractivity contribution is 7.89. The minimum Gasteiger partial charge on any atom is -0.493 e. The van der Waals surface area contributed by atoms with Crippen LogP contribution in [0.15, 0.2) is 70.6 Å². The summed E-state index contributed by atoms with van der Waals surface area (Å²) < 4.78 is 34.0. The first-order valence-electron chi connectivity index (χ1n) is 15.3. The molecule has 2 aliphatic rings. The number of amides is 3. The van der Waals surface area contributed by atoms with Gasteiger partial charge in [-0.15, -0.1) is 0 Å². The molecule has 2 heterocycles. The standard InChI is InChI=1S/C33H38Cl2N6O6S/c1-5-47-27-18-21(2)28(48(44,45)38(3)46-4)19-26(27)32-37-30(22-6-10-24(34)11-7-22)31(23-8-12-25(35)13-9-23)41(32)33(43)40-16-14-39(15-17-40)20-29(36)42/h6-13,18-19,30-31H,5,14-17,20H2,1-4H3,(H2,36,42)/t30-,31+/m0/s1. The van der Waals surface area contributed by atoms with Gasteiger partial charge in [0.1, 0.15) is 17.6 Å². The number of nitrogens with two attached hydrogens (primary N) is 1. The number of amidine groups is 1. The maximum absolute atomic E-state index is 14.8. The number of piperazine rings is 1. The van der Waals surface area contributed by atoms with Gasteiger partial charge in [0.25, 0.3) is 10.0 Å². The first-order valence-corrected chi connectivity index (χ1v) is 17.5. The summed E-state index contributed by atoms with van der Waals surface area (Å²) in [7, 11) is -1.54. The Bertz CT molecular complexity index is 1800. The molecule has 12 nitrogen and oxygen atoms in total. The van der Waals surface area contributed by atoms with Gasteiger partial charge in [0, 0.05) is 43.3 Å². The predicted molar refractivity (Wildman–Crippen MR) is 184 cm³/mol. The number of urea groups is 1. The summed E-state index contributed by atoms with van der Waals surface area (Å²) in [6.07, 6.45) is 0. The number of rotatable bonds is 10. The molecule has 2 atom stereocenters. The van der Waals surface area contributed by atoms with Crippen molar-refractivity contribution < 1.29 is 27.6 Å². The number of benzene rings is 3. The van der Waals surface area contributed by atoms with E-state index in [0.29, 0.717) is 53.1 Å². The van der Waals surface area contributed by atoms with Crippen molar-refractivity contribution in [2.24, 2.45) is 10.7 Å². The molecule has 3 aromatic carbocycles. The average Bonchev–Trinajstić information content (AvgIpc) is 3.45. The number of hydrogen-bond acceptors (Lipinski definition) is 8. The lowest BCUT2D eigenvalue weighted by molar-refractivity contribution is -0.119. The van der Waals surface area contributed by atoms with Crippen LogP contribution in [0.5, 0.6) is 5.75 Å². The maximum atomic E-state index is 14.8. The zero-order valence-corrected chi connectivity index (χ0v) is 29.4. The first-order chi connectivity index (χ1) is 22.8. The number of halogens is 2. The van der Waals surface area contributed by atoms with Crippen molar-refractivity contribution in [1.82, 2.24) is 19.2 Å². The third-order valence-corrected chi connectivity index (χ3v) is 10.7. The second-order valence-electron chi connectivity index (χ2n) is 11.5. The van der Waals surface area contributed by atoms with E-state index in [1.165, 1.54) is 20.2 Å². The van der Waals surface area contributed by atoms with Gasteiger partial charge < -0.3 is 15.4 Å². The van der Waals surface area contributed by atoms with E-state index in [9.17, 15) is 18.0 Å². The van der Waals surface area contributed by atoms with Crippen LogP contribution in [0.2, 0.25) is 10.0 Å². The lowest BCUT2D eigenvalue weighted by atomic mass is 9.93. The molecular weight excluding hydrogens is 679 g/mol. The quantitative estimate of drug-likeness (QED) is 0.302. The minimum absolute atomic E-state index is 0.0292. The van der Waals surface area contributed by atoms with Gasteiger partial charge in [-0.05, 0) is 66.9 Å². The van der Waals surface area contributed by atoms with Crippen molar-refractivity contribution in [3.63, 3.8) is 0 Å². The lowest BCUT2D eigenvalue weighted by Gasteiger charge is -2.38. The van der Waals surface area contributed by atoms with Crippen molar-refractivity contribution in [1.29, 1.82) is 0 Å². The summed E-state index contributed by atoms with van der Waals surface area (Å²) in [6.45, 7) is 5.42. The summed E-state index contributed by atoms with van der Waals surface area (Å²) in [5.41, 5.74) is 7.72. The van der Waals surface area contributed by atoms with E-state index >= 15 is 0 Å². The molecule has 0 saturated carbocycles. The number of hydrogen-bond donors (Lipinski definition) is 1. The maximum Gasteiger partial charge on any atom is 0.326 e. The molecular formula is C33H38Cl2N6O6S. The summed E-state index contributed by atoms with van der Waals surface area (Å²) in [4.78, 5) is 41.8. The van der Waals surface area contributed by atoms with E-state index in [1.54, 1.807) is 47.1 Å². The average molecular weight is 718 g/mol. The van der Waals surface area contributed by atoms with Gasteiger partial charge in [0.15, 0.2) is 0 Å². The van der Waals surface area contributed by atoms with Gasteiger partial charge in [-0.3, -0.25) is 24.4 Å². The molecule has 0 spiro atoms. The van der Waals surface area contributed by atoms with Gasteiger partial charge in [-0.1, -0.05) is 51.9 Å². The molecule has 1 fully saturated rings. The number of primary amides is 1. The van der Waals surface area contributed by atoms with E-state index < -0.39 is 28.0 Å². The Balaban J connectivity index is 1.72. The molecule has 3 aromatic rings. The summed E-state index contributed by atoms with van der Waals surface area (Å²) in [5.74, 6) is 0.160. The molecule has 0 aromatic heterocycles. The highest BCUT2D eigenvalue weighted by atomic mass is 35.5. The van der Waals surface area contributed by atoms with Crippen LogP contribution in [0.4, 0.5) is 4.79 Å². The van der Waals surface area contributed by atoms with Crippen molar-refractivity contribution in [2.45, 2.75) is 30.8 Å². The second kappa shape index (κ2) is 14.8. The molecule has 2 aliphatic heterocycles. The SMILES string of the molecule is CCOc1cc(C)c(S(=O)(=O)N(C)OC)cc1C1=N[C@@H](c2ccc(Cl)cc2)[C@@H](c2ccc(Cl)cc2)N1C(=O)N1CCN(CC(N)=O)CC1. The molecule has 48 heavy (non-hydrogen) atoms. The van der Waals surface area contributed by atoms with Gasteiger partial charge in [-0.25, -0.2) is 13.2 Å². The Labute approximate surface area is 290 Å².